The molecule has 0 unspecified atom stereocenters. The molecule has 0 amide bonds. The van der Waals surface area contributed by atoms with Crippen molar-refractivity contribution in [2.75, 3.05) is 27.4 Å². The Bertz CT molecular complexity index is 824. The van der Waals surface area contributed by atoms with Crippen LogP contribution in [0.4, 0.5) is 5.69 Å². The van der Waals surface area contributed by atoms with Crippen LogP contribution in [0.2, 0.25) is 0 Å². The molecule has 150 valence electrons. The number of hydrogen-bond acceptors (Lipinski definition) is 5. The molecule has 0 fully saturated rings. The minimum atomic E-state index is -0.404. The molecular weight excluding hydrogens is 360 g/mol. The van der Waals surface area contributed by atoms with E-state index in [0.29, 0.717) is 32.3 Å². The van der Waals surface area contributed by atoms with Crippen LogP contribution in [0.5, 0.6) is 5.75 Å². The Morgan fingerprint density at radius 3 is 2.64 bits per heavy atom. The van der Waals surface area contributed by atoms with E-state index in [0.717, 1.165) is 22.4 Å². The fourth-order valence-electron chi connectivity index (χ4n) is 2.54. The van der Waals surface area contributed by atoms with Crippen LogP contribution in [0.1, 0.15) is 16.7 Å². The smallest absolute Gasteiger partial charge is 0.269 e. The molecular formula is C20H26N4O4. The third-order valence-electron chi connectivity index (χ3n) is 4.02. The lowest BCUT2D eigenvalue weighted by Gasteiger charge is -2.15. The Morgan fingerprint density at radius 2 is 1.93 bits per heavy atom. The molecule has 0 heterocycles. The van der Waals surface area contributed by atoms with Gasteiger partial charge in [0.25, 0.3) is 5.69 Å². The van der Waals surface area contributed by atoms with E-state index in [1.54, 1.807) is 26.3 Å². The highest BCUT2D eigenvalue weighted by molar-refractivity contribution is 5.79. The number of guanidine groups is 1. The third kappa shape index (κ3) is 6.55. The van der Waals surface area contributed by atoms with E-state index in [9.17, 15) is 10.1 Å². The van der Waals surface area contributed by atoms with Gasteiger partial charge in [0.1, 0.15) is 12.4 Å². The van der Waals surface area contributed by atoms with Crippen LogP contribution < -0.4 is 15.4 Å². The summed E-state index contributed by atoms with van der Waals surface area (Å²) in [6, 6.07) is 12.5. The number of aryl methyl sites for hydroxylation is 1. The van der Waals surface area contributed by atoms with E-state index in [1.807, 2.05) is 31.2 Å². The summed E-state index contributed by atoms with van der Waals surface area (Å²) in [5.74, 6) is 1.40. The van der Waals surface area contributed by atoms with Crippen LogP contribution in [0.15, 0.2) is 47.5 Å². The first-order valence-corrected chi connectivity index (χ1v) is 8.92. The summed E-state index contributed by atoms with van der Waals surface area (Å²) in [7, 11) is 3.31. The zero-order valence-electron chi connectivity index (χ0n) is 16.4. The van der Waals surface area contributed by atoms with Crippen molar-refractivity contribution in [2.24, 2.45) is 4.99 Å². The first-order valence-electron chi connectivity index (χ1n) is 8.92. The van der Waals surface area contributed by atoms with Crippen molar-refractivity contribution < 1.29 is 14.4 Å². The Morgan fingerprint density at radius 1 is 1.14 bits per heavy atom. The number of ether oxygens (including phenoxy) is 2. The lowest BCUT2D eigenvalue weighted by Crippen LogP contribution is -2.36. The fraction of sp³-hybridized carbons (Fsp3) is 0.350. The van der Waals surface area contributed by atoms with Crippen molar-refractivity contribution in [1.82, 2.24) is 10.6 Å². The van der Waals surface area contributed by atoms with Crippen molar-refractivity contribution in [2.45, 2.75) is 20.0 Å². The molecule has 28 heavy (non-hydrogen) atoms. The predicted molar refractivity (Wildman–Crippen MR) is 109 cm³/mol. The number of nitro benzene ring substituents is 1. The van der Waals surface area contributed by atoms with E-state index in [4.69, 9.17) is 9.47 Å². The van der Waals surface area contributed by atoms with Crippen molar-refractivity contribution in [3.8, 4) is 5.75 Å². The number of hydrogen-bond donors (Lipinski definition) is 2. The average Bonchev–Trinajstić information content (AvgIpc) is 2.69. The molecule has 0 atom stereocenters. The van der Waals surface area contributed by atoms with Gasteiger partial charge < -0.3 is 20.1 Å². The molecule has 2 aromatic carbocycles. The van der Waals surface area contributed by atoms with Gasteiger partial charge in [-0.05, 0) is 24.1 Å². The first kappa shape index (κ1) is 21.2. The highest BCUT2D eigenvalue weighted by Gasteiger charge is 2.08. The highest BCUT2D eigenvalue weighted by Crippen LogP contribution is 2.20. The lowest BCUT2D eigenvalue weighted by atomic mass is 10.1. The molecule has 0 saturated heterocycles. The number of nitrogens with zero attached hydrogens (tertiary/aromatic N) is 2. The molecule has 2 rings (SSSR count). The fourth-order valence-corrected chi connectivity index (χ4v) is 2.54. The number of methoxy groups -OCH3 is 1. The van der Waals surface area contributed by atoms with Crippen molar-refractivity contribution in [3.63, 3.8) is 0 Å². The number of aliphatic imine (C=N–C) groups is 1. The van der Waals surface area contributed by atoms with Crippen molar-refractivity contribution in [1.29, 1.82) is 0 Å². The van der Waals surface area contributed by atoms with Crippen LogP contribution >= 0.6 is 0 Å². The number of nitro groups is 1. The first-order chi connectivity index (χ1) is 13.5. The van der Waals surface area contributed by atoms with Gasteiger partial charge in [0, 0.05) is 44.9 Å². The third-order valence-corrected chi connectivity index (χ3v) is 4.02. The van der Waals surface area contributed by atoms with Gasteiger partial charge in [-0.25, -0.2) is 0 Å². The van der Waals surface area contributed by atoms with Crippen LogP contribution in [-0.4, -0.2) is 38.3 Å². The monoisotopic (exact) mass is 386 g/mol. The summed E-state index contributed by atoms with van der Waals surface area (Å²) in [4.78, 5) is 14.7. The van der Waals surface area contributed by atoms with Crippen LogP contribution in [0, 0.1) is 17.0 Å². The van der Waals surface area contributed by atoms with Gasteiger partial charge in [-0.1, -0.05) is 24.3 Å². The van der Waals surface area contributed by atoms with E-state index >= 15 is 0 Å². The molecule has 2 N–H and O–H groups in total. The zero-order chi connectivity index (χ0) is 20.4. The molecule has 0 aliphatic heterocycles. The zero-order valence-corrected chi connectivity index (χ0v) is 16.4. The minimum Gasteiger partial charge on any atom is -0.491 e. The van der Waals surface area contributed by atoms with Crippen molar-refractivity contribution in [3.05, 3.63) is 69.3 Å². The summed E-state index contributed by atoms with van der Waals surface area (Å²) < 4.78 is 10.8. The number of nitrogens with one attached hydrogen (secondary N) is 2. The van der Waals surface area contributed by atoms with Gasteiger partial charge in [0.2, 0.25) is 0 Å². The molecule has 0 saturated carbocycles. The Balaban J connectivity index is 1.95. The quantitative estimate of drug-likeness (QED) is 0.226. The topological polar surface area (TPSA) is 98.0 Å². The molecule has 8 heteroatoms. The normalized spacial score (nSPS) is 11.2. The molecule has 0 bridgehead atoms. The second-order valence-electron chi connectivity index (χ2n) is 6.16. The maximum absolute atomic E-state index is 10.9. The van der Waals surface area contributed by atoms with Gasteiger partial charge in [-0.2, -0.15) is 0 Å². The summed E-state index contributed by atoms with van der Waals surface area (Å²) in [5, 5.41) is 17.3. The second kappa shape index (κ2) is 10.9. The van der Waals surface area contributed by atoms with Crippen molar-refractivity contribution >= 4 is 11.6 Å². The summed E-state index contributed by atoms with van der Waals surface area (Å²) in [6.07, 6.45) is 0. The number of rotatable bonds is 9. The van der Waals surface area contributed by atoms with Gasteiger partial charge in [-0.3, -0.25) is 15.1 Å². The lowest BCUT2D eigenvalue weighted by molar-refractivity contribution is -0.384. The highest BCUT2D eigenvalue weighted by atomic mass is 16.6. The Hall–Kier alpha value is -3.13. The maximum atomic E-state index is 10.9. The van der Waals surface area contributed by atoms with E-state index in [2.05, 4.69) is 15.6 Å². The largest absolute Gasteiger partial charge is 0.491 e. The summed E-state index contributed by atoms with van der Waals surface area (Å²) >= 11 is 0. The van der Waals surface area contributed by atoms with Gasteiger partial charge in [0.15, 0.2) is 5.96 Å². The molecule has 0 aliphatic rings. The molecule has 2 aromatic rings. The maximum Gasteiger partial charge on any atom is 0.269 e. The number of benzene rings is 2. The summed E-state index contributed by atoms with van der Waals surface area (Å²) in [5.41, 5.74) is 2.99. The molecule has 0 aliphatic carbocycles. The standard InChI is InChI=1S/C20H26N4O4/c1-15-7-8-17(19(11-15)28-10-9-27-3)14-23-20(21-2)22-13-16-5-4-6-18(12-16)24(25)26/h4-8,11-12H,9-10,13-14H2,1-3H3,(H2,21,22,23). The predicted octanol–water partition coefficient (Wildman–Crippen LogP) is 2.79. The molecule has 0 spiro atoms. The molecule has 8 nitrogen and oxygen atoms in total. The minimum absolute atomic E-state index is 0.0692. The Kier molecular flexibility index (Phi) is 8.23. The van der Waals surface area contributed by atoms with Crippen LogP contribution in [0.25, 0.3) is 0 Å². The second-order valence-corrected chi connectivity index (χ2v) is 6.16. The Labute approximate surface area is 164 Å². The van der Waals surface area contributed by atoms with E-state index < -0.39 is 4.92 Å². The van der Waals surface area contributed by atoms with Gasteiger partial charge >= 0.3 is 0 Å². The van der Waals surface area contributed by atoms with Gasteiger partial charge in [0.05, 0.1) is 11.5 Å². The molecule has 0 aromatic heterocycles. The van der Waals surface area contributed by atoms with E-state index in [1.165, 1.54) is 6.07 Å². The summed E-state index contributed by atoms with van der Waals surface area (Å²) in [6.45, 7) is 3.96. The van der Waals surface area contributed by atoms with Crippen LogP contribution in [-0.2, 0) is 17.8 Å². The van der Waals surface area contributed by atoms with E-state index in [-0.39, 0.29) is 5.69 Å². The number of non-ortho nitro benzene ring substituents is 1. The molecule has 0 radical (unpaired) electrons. The average molecular weight is 386 g/mol. The SMILES string of the molecule is CN=C(NCc1cccc([N+](=O)[O-])c1)NCc1ccc(C)cc1OCCOC. The van der Waals surface area contributed by atoms with Gasteiger partial charge in [-0.15, -0.1) is 0 Å². The van der Waals surface area contributed by atoms with Crippen LogP contribution in [0.3, 0.4) is 0 Å².